The van der Waals surface area contributed by atoms with Crippen LogP contribution in [0.1, 0.15) is 64.7 Å². The minimum atomic E-state index is -0.809. The van der Waals surface area contributed by atoms with E-state index in [0.717, 1.165) is 44.9 Å². The molecule has 1 aliphatic heterocycles. The molecule has 1 saturated carbocycles. The topological polar surface area (TPSA) is 77.8 Å². The Hall–Kier alpha value is -1.10. The first-order valence-electron chi connectivity index (χ1n) is 8.10. The van der Waals surface area contributed by atoms with Crippen molar-refractivity contribution in [3.8, 4) is 0 Å². The van der Waals surface area contributed by atoms with Gasteiger partial charge in [-0.15, -0.1) is 0 Å². The lowest BCUT2D eigenvalue weighted by molar-refractivity contribution is -0.160. The van der Waals surface area contributed by atoms with Gasteiger partial charge < -0.3 is 15.1 Å². The summed E-state index contributed by atoms with van der Waals surface area (Å²) in [6.07, 6.45) is 6.86. The van der Waals surface area contributed by atoms with Crippen LogP contribution >= 0.6 is 0 Å². The molecule has 21 heavy (non-hydrogen) atoms. The Morgan fingerprint density at radius 2 is 1.71 bits per heavy atom. The largest absolute Gasteiger partial charge is 0.481 e. The number of hydrogen-bond donors (Lipinski definition) is 2. The van der Waals surface area contributed by atoms with Gasteiger partial charge in [-0.1, -0.05) is 32.6 Å². The van der Waals surface area contributed by atoms with Gasteiger partial charge in [-0.05, 0) is 24.7 Å². The molecule has 1 aliphatic carbocycles. The van der Waals surface area contributed by atoms with Gasteiger partial charge in [-0.3, -0.25) is 9.59 Å². The van der Waals surface area contributed by atoms with E-state index in [1.807, 2.05) is 6.92 Å². The van der Waals surface area contributed by atoms with Gasteiger partial charge in [0.25, 0.3) is 0 Å². The minimum absolute atomic E-state index is 0.0129. The predicted octanol–water partition coefficient (Wildman–Crippen LogP) is 2.18. The summed E-state index contributed by atoms with van der Waals surface area (Å²) in [6.45, 7) is 2.83. The van der Waals surface area contributed by atoms with Crippen molar-refractivity contribution in [1.82, 2.24) is 4.90 Å². The smallest absolute Gasteiger partial charge is 0.303 e. The van der Waals surface area contributed by atoms with Gasteiger partial charge >= 0.3 is 5.97 Å². The van der Waals surface area contributed by atoms with Gasteiger partial charge in [0.2, 0.25) is 5.91 Å². The standard InChI is InChI=1S/C16H27NO4/c1-2-6-16(21)11-17(12-16)13(18)9-15(10-14(19)20)7-4-3-5-8-15/h21H,2-12H2,1H3,(H,19,20). The van der Waals surface area contributed by atoms with E-state index in [4.69, 9.17) is 5.11 Å². The molecular weight excluding hydrogens is 270 g/mol. The minimum Gasteiger partial charge on any atom is -0.481 e. The second kappa shape index (κ2) is 6.34. The summed E-state index contributed by atoms with van der Waals surface area (Å²) in [5.74, 6) is -0.797. The van der Waals surface area contributed by atoms with Crippen molar-refractivity contribution < 1.29 is 19.8 Å². The van der Waals surface area contributed by atoms with Crippen molar-refractivity contribution in [1.29, 1.82) is 0 Å². The third-order valence-electron chi connectivity index (χ3n) is 5.01. The molecule has 0 aromatic rings. The maximum atomic E-state index is 12.4. The number of likely N-dealkylation sites (tertiary alicyclic amines) is 1. The molecule has 0 atom stereocenters. The first-order chi connectivity index (χ1) is 9.88. The number of carboxylic acids is 1. The summed E-state index contributed by atoms with van der Waals surface area (Å²) in [4.78, 5) is 25.2. The van der Waals surface area contributed by atoms with E-state index in [1.165, 1.54) is 0 Å². The molecule has 2 aliphatic rings. The zero-order chi connectivity index (χ0) is 15.5. The van der Waals surface area contributed by atoms with Gasteiger partial charge in [-0.2, -0.15) is 0 Å². The Kier molecular flexibility index (Phi) is 4.91. The summed E-state index contributed by atoms with van der Waals surface area (Å²) in [6, 6.07) is 0. The predicted molar refractivity (Wildman–Crippen MR) is 78.8 cm³/mol. The fourth-order valence-electron chi connectivity index (χ4n) is 3.94. The Bertz CT molecular complexity index is 395. The normalized spacial score (nSPS) is 23.4. The lowest BCUT2D eigenvalue weighted by atomic mass is 9.69. The van der Waals surface area contributed by atoms with Gasteiger partial charge in [0, 0.05) is 6.42 Å². The summed E-state index contributed by atoms with van der Waals surface area (Å²) >= 11 is 0. The van der Waals surface area contributed by atoms with Crippen molar-refractivity contribution in [2.24, 2.45) is 5.41 Å². The lowest BCUT2D eigenvalue weighted by Gasteiger charge is -2.48. The van der Waals surface area contributed by atoms with E-state index < -0.39 is 11.6 Å². The summed E-state index contributed by atoms with van der Waals surface area (Å²) < 4.78 is 0. The number of carboxylic acid groups (broad SMARTS) is 1. The highest BCUT2D eigenvalue weighted by Gasteiger charge is 2.45. The molecule has 5 heteroatoms. The van der Waals surface area contributed by atoms with Crippen LogP contribution in [-0.4, -0.2) is 45.7 Å². The number of amides is 1. The maximum absolute atomic E-state index is 12.4. The van der Waals surface area contributed by atoms with Crippen LogP contribution in [0, 0.1) is 5.41 Å². The lowest BCUT2D eigenvalue weighted by Crippen LogP contribution is -2.63. The van der Waals surface area contributed by atoms with E-state index in [0.29, 0.717) is 19.5 Å². The number of rotatable bonds is 6. The molecular formula is C16H27NO4. The van der Waals surface area contributed by atoms with Crippen molar-refractivity contribution in [3.63, 3.8) is 0 Å². The summed E-state index contributed by atoms with van der Waals surface area (Å²) in [7, 11) is 0. The summed E-state index contributed by atoms with van der Waals surface area (Å²) in [5, 5.41) is 19.3. The van der Waals surface area contributed by atoms with E-state index in [-0.39, 0.29) is 17.7 Å². The SMILES string of the molecule is CCCC1(O)CN(C(=O)CC2(CC(=O)O)CCCCC2)C1. The highest BCUT2D eigenvalue weighted by Crippen LogP contribution is 2.43. The molecule has 0 aromatic heterocycles. The van der Waals surface area contributed by atoms with Crippen LogP contribution in [0.5, 0.6) is 0 Å². The van der Waals surface area contributed by atoms with Crippen LogP contribution in [0.4, 0.5) is 0 Å². The molecule has 1 saturated heterocycles. The van der Waals surface area contributed by atoms with E-state index in [1.54, 1.807) is 4.90 Å². The van der Waals surface area contributed by atoms with E-state index in [9.17, 15) is 14.7 Å². The zero-order valence-electron chi connectivity index (χ0n) is 12.9. The van der Waals surface area contributed by atoms with Crippen molar-refractivity contribution >= 4 is 11.9 Å². The third-order valence-corrected chi connectivity index (χ3v) is 5.01. The zero-order valence-corrected chi connectivity index (χ0v) is 12.9. The molecule has 2 rings (SSSR count). The number of hydrogen-bond acceptors (Lipinski definition) is 3. The maximum Gasteiger partial charge on any atom is 0.303 e. The molecule has 0 bridgehead atoms. The Balaban J connectivity index is 1.92. The van der Waals surface area contributed by atoms with Crippen LogP contribution in [0.2, 0.25) is 0 Å². The van der Waals surface area contributed by atoms with Gasteiger partial charge in [-0.25, -0.2) is 0 Å². The van der Waals surface area contributed by atoms with E-state index >= 15 is 0 Å². The number of carbonyl (C=O) groups is 2. The average molecular weight is 297 g/mol. The summed E-state index contributed by atoms with van der Waals surface area (Å²) in [5.41, 5.74) is -1.07. The number of β-amino-alcohol motifs (C(OH)–C–C–N with tert-alkyl or cyclic N) is 1. The van der Waals surface area contributed by atoms with Crippen LogP contribution < -0.4 is 0 Å². The quantitative estimate of drug-likeness (QED) is 0.787. The second-order valence-electron chi connectivity index (χ2n) is 7.03. The molecule has 1 amide bonds. The first-order valence-corrected chi connectivity index (χ1v) is 8.10. The molecule has 1 heterocycles. The first kappa shape index (κ1) is 16.3. The van der Waals surface area contributed by atoms with Crippen molar-refractivity contribution in [2.75, 3.05) is 13.1 Å². The van der Waals surface area contributed by atoms with Gasteiger partial charge in [0.15, 0.2) is 0 Å². The van der Waals surface area contributed by atoms with E-state index in [2.05, 4.69) is 0 Å². The Morgan fingerprint density at radius 3 is 2.24 bits per heavy atom. The Labute approximate surface area is 126 Å². The van der Waals surface area contributed by atoms with Crippen LogP contribution in [-0.2, 0) is 9.59 Å². The fraction of sp³-hybridized carbons (Fsp3) is 0.875. The van der Waals surface area contributed by atoms with Crippen molar-refractivity contribution in [2.45, 2.75) is 70.3 Å². The molecule has 2 fully saturated rings. The molecule has 0 unspecified atom stereocenters. The van der Waals surface area contributed by atoms with Crippen molar-refractivity contribution in [3.05, 3.63) is 0 Å². The molecule has 0 radical (unpaired) electrons. The average Bonchev–Trinajstić information content (AvgIpc) is 2.35. The van der Waals surface area contributed by atoms with Crippen LogP contribution in [0.3, 0.4) is 0 Å². The number of aliphatic carboxylic acids is 1. The molecule has 120 valence electrons. The van der Waals surface area contributed by atoms with Crippen LogP contribution in [0.15, 0.2) is 0 Å². The Morgan fingerprint density at radius 1 is 1.10 bits per heavy atom. The third kappa shape index (κ3) is 3.96. The monoisotopic (exact) mass is 297 g/mol. The molecule has 0 aromatic carbocycles. The van der Waals surface area contributed by atoms with Crippen LogP contribution in [0.25, 0.3) is 0 Å². The number of aliphatic hydroxyl groups is 1. The number of nitrogens with zero attached hydrogens (tertiary/aromatic N) is 1. The van der Waals surface area contributed by atoms with Gasteiger partial charge in [0.1, 0.15) is 0 Å². The second-order valence-corrected chi connectivity index (χ2v) is 7.03. The molecule has 0 spiro atoms. The fourth-order valence-corrected chi connectivity index (χ4v) is 3.94. The highest BCUT2D eigenvalue weighted by molar-refractivity contribution is 5.79. The molecule has 5 nitrogen and oxygen atoms in total. The van der Waals surface area contributed by atoms with Gasteiger partial charge in [0.05, 0.1) is 25.1 Å². The highest BCUT2D eigenvalue weighted by atomic mass is 16.4. The number of carbonyl (C=O) groups excluding carboxylic acids is 1. The molecule has 2 N–H and O–H groups in total.